The van der Waals surface area contributed by atoms with Gasteiger partial charge in [-0.1, -0.05) is 68.7 Å². The average molecular weight is 244 g/mol. The van der Waals surface area contributed by atoms with Gasteiger partial charge in [-0.15, -0.1) is 0 Å². The summed E-state index contributed by atoms with van der Waals surface area (Å²) < 4.78 is 0. The summed E-state index contributed by atoms with van der Waals surface area (Å²) in [6.45, 7) is 9.02. The summed E-state index contributed by atoms with van der Waals surface area (Å²) in [5.74, 6) is 0.703. The van der Waals surface area contributed by atoms with Crippen molar-refractivity contribution in [2.45, 2.75) is 59.8 Å². The van der Waals surface area contributed by atoms with Crippen LogP contribution in [0, 0.1) is 12.8 Å². The lowest BCUT2D eigenvalue weighted by Crippen LogP contribution is -1.96. The first-order chi connectivity index (χ1) is 8.63. The number of benzene rings is 1. The van der Waals surface area contributed by atoms with Crippen molar-refractivity contribution < 1.29 is 0 Å². The van der Waals surface area contributed by atoms with Crippen LogP contribution in [-0.2, 0) is 6.42 Å². The second-order valence-corrected chi connectivity index (χ2v) is 5.56. The Morgan fingerprint density at radius 1 is 1.17 bits per heavy atom. The topological polar surface area (TPSA) is 0 Å². The van der Waals surface area contributed by atoms with Gasteiger partial charge in [0.05, 0.1) is 0 Å². The van der Waals surface area contributed by atoms with Crippen LogP contribution in [0.25, 0.3) is 0 Å². The van der Waals surface area contributed by atoms with Crippen LogP contribution in [0.3, 0.4) is 0 Å². The maximum Gasteiger partial charge on any atom is -0.0260 e. The molecule has 0 saturated carbocycles. The van der Waals surface area contributed by atoms with Gasteiger partial charge in [-0.05, 0) is 44.1 Å². The Labute approximate surface area is 113 Å². The summed E-state index contributed by atoms with van der Waals surface area (Å²) >= 11 is 0. The Kier molecular flexibility index (Phi) is 6.78. The van der Waals surface area contributed by atoms with E-state index in [0.29, 0.717) is 5.92 Å². The van der Waals surface area contributed by atoms with Crippen LogP contribution >= 0.6 is 0 Å². The fraction of sp³-hybridized carbons (Fsp3) is 0.556. The van der Waals surface area contributed by atoms with Crippen LogP contribution in [-0.4, -0.2) is 0 Å². The summed E-state index contributed by atoms with van der Waals surface area (Å²) in [5, 5.41) is 0. The molecule has 0 fully saturated rings. The van der Waals surface area contributed by atoms with Crippen LogP contribution in [0.5, 0.6) is 0 Å². The lowest BCUT2D eigenvalue weighted by molar-refractivity contribution is 0.673. The standard InChI is InChI=1S/C18H28/c1-5-6-9-18(15(2)3)10-7-8-17-13-11-16(4)12-14-17/h9,11-15H,5-8,10H2,1-4H3/b18-9+. The third-order valence-corrected chi connectivity index (χ3v) is 3.49. The summed E-state index contributed by atoms with van der Waals surface area (Å²) in [6, 6.07) is 8.96. The van der Waals surface area contributed by atoms with E-state index in [1.54, 1.807) is 5.57 Å². The summed E-state index contributed by atoms with van der Waals surface area (Å²) in [4.78, 5) is 0. The van der Waals surface area contributed by atoms with Gasteiger partial charge >= 0.3 is 0 Å². The first-order valence-electron chi connectivity index (χ1n) is 7.38. The van der Waals surface area contributed by atoms with E-state index in [0.717, 1.165) is 0 Å². The molecule has 0 atom stereocenters. The molecule has 0 heteroatoms. The van der Waals surface area contributed by atoms with E-state index >= 15 is 0 Å². The van der Waals surface area contributed by atoms with Crippen LogP contribution in [0.15, 0.2) is 35.9 Å². The molecular weight excluding hydrogens is 216 g/mol. The van der Waals surface area contributed by atoms with E-state index in [1.165, 1.54) is 43.2 Å². The van der Waals surface area contributed by atoms with Crippen LogP contribution in [0.1, 0.15) is 57.6 Å². The van der Waals surface area contributed by atoms with Crippen LogP contribution in [0.4, 0.5) is 0 Å². The first kappa shape index (κ1) is 15.0. The fourth-order valence-electron chi connectivity index (χ4n) is 2.21. The summed E-state index contributed by atoms with van der Waals surface area (Å²) in [5.41, 5.74) is 4.47. The fourth-order valence-corrected chi connectivity index (χ4v) is 2.21. The van der Waals surface area contributed by atoms with Gasteiger partial charge in [0.15, 0.2) is 0 Å². The van der Waals surface area contributed by atoms with Crippen molar-refractivity contribution in [3.8, 4) is 0 Å². The SMILES string of the molecule is CCC/C=C(\CCCc1ccc(C)cc1)C(C)C. The van der Waals surface area contributed by atoms with Crippen molar-refractivity contribution in [2.24, 2.45) is 5.92 Å². The normalized spacial score (nSPS) is 12.2. The molecule has 0 spiro atoms. The second kappa shape index (κ2) is 8.13. The molecule has 0 amide bonds. The monoisotopic (exact) mass is 244 g/mol. The van der Waals surface area contributed by atoms with E-state index in [1.807, 2.05) is 0 Å². The zero-order valence-electron chi connectivity index (χ0n) is 12.5. The summed E-state index contributed by atoms with van der Waals surface area (Å²) in [7, 11) is 0. The van der Waals surface area contributed by atoms with Gasteiger partial charge < -0.3 is 0 Å². The molecule has 0 nitrogen and oxygen atoms in total. The smallest absolute Gasteiger partial charge is 0.0260 e. The van der Waals surface area contributed by atoms with E-state index in [-0.39, 0.29) is 0 Å². The Hall–Kier alpha value is -1.04. The number of allylic oxidation sites excluding steroid dienone is 2. The molecule has 1 rings (SSSR count). The van der Waals surface area contributed by atoms with Crippen LogP contribution in [0.2, 0.25) is 0 Å². The highest BCUT2D eigenvalue weighted by Crippen LogP contribution is 2.19. The number of unbranched alkanes of at least 4 members (excludes halogenated alkanes) is 1. The quantitative estimate of drug-likeness (QED) is 0.540. The van der Waals surface area contributed by atoms with E-state index in [9.17, 15) is 0 Å². The van der Waals surface area contributed by atoms with Gasteiger partial charge in [-0.25, -0.2) is 0 Å². The minimum Gasteiger partial charge on any atom is -0.0851 e. The molecule has 0 aliphatic heterocycles. The van der Waals surface area contributed by atoms with Gasteiger partial charge in [0.25, 0.3) is 0 Å². The molecule has 0 saturated heterocycles. The Morgan fingerprint density at radius 2 is 1.83 bits per heavy atom. The van der Waals surface area contributed by atoms with Crippen molar-refractivity contribution in [2.75, 3.05) is 0 Å². The van der Waals surface area contributed by atoms with Gasteiger partial charge in [0.2, 0.25) is 0 Å². The predicted molar refractivity (Wildman–Crippen MR) is 81.9 cm³/mol. The molecule has 0 radical (unpaired) electrons. The second-order valence-electron chi connectivity index (χ2n) is 5.56. The van der Waals surface area contributed by atoms with Gasteiger partial charge in [0, 0.05) is 0 Å². The third kappa shape index (κ3) is 5.53. The van der Waals surface area contributed by atoms with Crippen molar-refractivity contribution >= 4 is 0 Å². The minimum atomic E-state index is 0.703. The Morgan fingerprint density at radius 3 is 2.39 bits per heavy atom. The molecule has 0 aliphatic carbocycles. The Bertz CT molecular complexity index is 354. The van der Waals surface area contributed by atoms with E-state index in [4.69, 9.17) is 0 Å². The van der Waals surface area contributed by atoms with Crippen molar-refractivity contribution in [1.82, 2.24) is 0 Å². The van der Waals surface area contributed by atoms with E-state index in [2.05, 4.69) is 58.0 Å². The lowest BCUT2D eigenvalue weighted by Gasteiger charge is -2.11. The molecular formula is C18H28. The number of hydrogen-bond donors (Lipinski definition) is 0. The molecule has 1 aromatic carbocycles. The van der Waals surface area contributed by atoms with Crippen LogP contribution < -0.4 is 0 Å². The maximum atomic E-state index is 2.46. The molecule has 1 aromatic rings. The number of hydrogen-bond acceptors (Lipinski definition) is 0. The number of aryl methyl sites for hydroxylation is 2. The zero-order valence-corrected chi connectivity index (χ0v) is 12.5. The average Bonchev–Trinajstić information content (AvgIpc) is 2.35. The van der Waals surface area contributed by atoms with Crippen molar-refractivity contribution in [3.63, 3.8) is 0 Å². The van der Waals surface area contributed by atoms with Gasteiger partial charge in [-0.2, -0.15) is 0 Å². The predicted octanol–water partition coefficient (Wildman–Crippen LogP) is 5.70. The molecule has 0 unspecified atom stereocenters. The zero-order chi connectivity index (χ0) is 13.4. The molecule has 0 bridgehead atoms. The lowest BCUT2D eigenvalue weighted by atomic mass is 9.95. The highest BCUT2D eigenvalue weighted by molar-refractivity contribution is 5.21. The Balaban J connectivity index is 2.41. The van der Waals surface area contributed by atoms with Crippen molar-refractivity contribution in [1.29, 1.82) is 0 Å². The molecule has 18 heavy (non-hydrogen) atoms. The molecule has 100 valence electrons. The third-order valence-electron chi connectivity index (χ3n) is 3.49. The number of rotatable bonds is 7. The molecule has 0 aromatic heterocycles. The highest BCUT2D eigenvalue weighted by atomic mass is 14.1. The molecule has 0 N–H and O–H groups in total. The maximum absolute atomic E-state index is 2.46. The highest BCUT2D eigenvalue weighted by Gasteiger charge is 2.03. The first-order valence-corrected chi connectivity index (χ1v) is 7.38. The van der Waals surface area contributed by atoms with E-state index < -0.39 is 0 Å². The molecule has 0 aliphatic rings. The summed E-state index contributed by atoms with van der Waals surface area (Å²) in [6.07, 6.45) is 8.69. The van der Waals surface area contributed by atoms with Gasteiger partial charge in [0.1, 0.15) is 0 Å². The largest absolute Gasteiger partial charge is 0.0851 e. The van der Waals surface area contributed by atoms with Crippen molar-refractivity contribution in [3.05, 3.63) is 47.0 Å². The minimum absolute atomic E-state index is 0.703. The van der Waals surface area contributed by atoms with Gasteiger partial charge in [-0.3, -0.25) is 0 Å². The molecule has 0 heterocycles.